The van der Waals surface area contributed by atoms with Crippen LogP contribution in [0.15, 0.2) is 0 Å². The van der Waals surface area contributed by atoms with Gasteiger partial charge in [-0.1, -0.05) is 0 Å². The van der Waals surface area contributed by atoms with Crippen LogP contribution >= 0.6 is 0 Å². The second kappa shape index (κ2) is 4.19. The molecule has 3 nitrogen and oxygen atoms in total. The summed E-state index contributed by atoms with van der Waals surface area (Å²) in [4.78, 5) is 0. The Labute approximate surface area is 87.4 Å². The lowest BCUT2D eigenvalue weighted by molar-refractivity contribution is 0.0705. The van der Waals surface area contributed by atoms with Crippen LogP contribution in [0.2, 0.25) is 0 Å². The molecule has 86 valence electrons. The van der Waals surface area contributed by atoms with E-state index in [1.54, 1.807) is 34.6 Å². The van der Waals surface area contributed by atoms with Crippen LogP contribution in [0.5, 0.6) is 0 Å². The van der Waals surface area contributed by atoms with Crippen molar-refractivity contribution in [3.05, 3.63) is 0 Å². The molecular formula is C10H22O3S. The van der Waals surface area contributed by atoms with Crippen molar-refractivity contribution in [2.75, 3.05) is 5.75 Å². The van der Waals surface area contributed by atoms with E-state index in [-0.39, 0.29) is 5.75 Å². The van der Waals surface area contributed by atoms with Crippen LogP contribution in [0.1, 0.15) is 47.5 Å². The third-order valence-electron chi connectivity index (χ3n) is 2.13. The highest BCUT2D eigenvalue weighted by atomic mass is 32.2. The Balaban J connectivity index is 4.17. The first-order valence-electron chi connectivity index (χ1n) is 4.90. The largest absolute Gasteiger partial charge is 0.390 e. The molecule has 0 spiro atoms. The molecule has 0 aromatic heterocycles. The van der Waals surface area contributed by atoms with Gasteiger partial charge in [-0.15, -0.1) is 0 Å². The van der Waals surface area contributed by atoms with Crippen molar-refractivity contribution in [3.63, 3.8) is 0 Å². The summed E-state index contributed by atoms with van der Waals surface area (Å²) in [5.41, 5.74) is -0.770. The van der Waals surface area contributed by atoms with Crippen LogP contribution in [0.4, 0.5) is 0 Å². The molecule has 14 heavy (non-hydrogen) atoms. The van der Waals surface area contributed by atoms with E-state index < -0.39 is 20.2 Å². The van der Waals surface area contributed by atoms with Gasteiger partial charge in [-0.05, 0) is 47.5 Å². The maximum atomic E-state index is 11.7. The number of rotatable bonds is 4. The Morgan fingerprint density at radius 3 is 1.79 bits per heavy atom. The lowest BCUT2D eigenvalue weighted by Crippen LogP contribution is -2.31. The monoisotopic (exact) mass is 222 g/mol. The topological polar surface area (TPSA) is 54.4 Å². The fourth-order valence-electron chi connectivity index (χ4n) is 1.00. The zero-order valence-electron chi connectivity index (χ0n) is 9.79. The molecule has 0 rings (SSSR count). The van der Waals surface area contributed by atoms with Gasteiger partial charge in [0.1, 0.15) is 0 Å². The SMILES string of the molecule is CC(C)(O)CCCS(=O)(=O)C(C)(C)C. The van der Waals surface area contributed by atoms with Crippen LogP contribution in [0.3, 0.4) is 0 Å². The molecule has 0 amide bonds. The zero-order chi connectivity index (χ0) is 11.6. The van der Waals surface area contributed by atoms with Gasteiger partial charge in [0.05, 0.1) is 16.1 Å². The molecular weight excluding hydrogens is 200 g/mol. The van der Waals surface area contributed by atoms with E-state index in [4.69, 9.17) is 0 Å². The van der Waals surface area contributed by atoms with Crippen LogP contribution in [-0.2, 0) is 9.84 Å². The molecule has 0 heterocycles. The van der Waals surface area contributed by atoms with E-state index in [2.05, 4.69) is 0 Å². The van der Waals surface area contributed by atoms with Crippen molar-refractivity contribution < 1.29 is 13.5 Å². The number of aliphatic hydroxyl groups is 1. The van der Waals surface area contributed by atoms with Crippen LogP contribution in [-0.4, -0.2) is 29.6 Å². The van der Waals surface area contributed by atoms with Crippen LogP contribution in [0, 0.1) is 0 Å². The Morgan fingerprint density at radius 2 is 1.50 bits per heavy atom. The molecule has 0 aliphatic heterocycles. The highest BCUT2D eigenvalue weighted by Crippen LogP contribution is 2.19. The van der Waals surface area contributed by atoms with Gasteiger partial charge in [0.25, 0.3) is 0 Å². The van der Waals surface area contributed by atoms with Gasteiger partial charge in [0.15, 0.2) is 9.84 Å². The van der Waals surface area contributed by atoms with E-state index in [0.717, 1.165) is 0 Å². The summed E-state index contributed by atoms with van der Waals surface area (Å²) in [6.07, 6.45) is 1.03. The number of hydrogen-bond acceptors (Lipinski definition) is 3. The third-order valence-corrected chi connectivity index (χ3v) is 4.83. The first kappa shape index (κ1) is 13.9. The standard InChI is InChI=1S/C10H22O3S/c1-9(2,3)14(12,13)8-6-7-10(4,5)11/h11H,6-8H2,1-5H3. The number of sulfone groups is 1. The summed E-state index contributed by atoms with van der Waals surface area (Å²) in [7, 11) is -3.03. The first-order valence-corrected chi connectivity index (χ1v) is 6.56. The lowest BCUT2D eigenvalue weighted by atomic mass is 10.0. The smallest absolute Gasteiger partial charge is 0.155 e. The molecule has 0 atom stereocenters. The lowest BCUT2D eigenvalue weighted by Gasteiger charge is -2.21. The van der Waals surface area contributed by atoms with Crippen molar-refractivity contribution in [1.82, 2.24) is 0 Å². The normalized spacial score (nSPS) is 14.4. The van der Waals surface area contributed by atoms with E-state index in [1.807, 2.05) is 0 Å². The van der Waals surface area contributed by atoms with Gasteiger partial charge in [-0.25, -0.2) is 8.42 Å². The van der Waals surface area contributed by atoms with Gasteiger partial charge in [0.2, 0.25) is 0 Å². The van der Waals surface area contributed by atoms with E-state index in [0.29, 0.717) is 12.8 Å². The quantitative estimate of drug-likeness (QED) is 0.788. The molecule has 0 aromatic rings. The maximum Gasteiger partial charge on any atom is 0.155 e. The third kappa shape index (κ3) is 4.96. The Morgan fingerprint density at radius 1 is 1.07 bits per heavy atom. The van der Waals surface area contributed by atoms with Crippen molar-refractivity contribution in [2.24, 2.45) is 0 Å². The van der Waals surface area contributed by atoms with E-state index >= 15 is 0 Å². The molecule has 0 aromatic carbocycles. The second-order valence-electron chi connectivity index (χ2n) is 5.35. The zero-order valence-corrected chi connectivity index (χ0v) is 10.6. The summed E-state index contributed by atoms with van der Waals surface area (Å²) in [6.45, 7) is 8.48. The predicted octanol–water partition coefficient (Wildman–Crippen LogP) is 1.75. The Kier molecular flexibility index (Phi) is 4.16. The van der Waals surface area contributed by atoms with Gasteiger partial charge >= 0.3 is 0 Å². The summed E-state index contributed by atoms with van der Waals surface area (Å²) in [5.74, 6) is 0.153. The molecule has 0 aliphatic rings. The highest BCUT2D eigenvalue weighted by molar-refractivity contribution is 7.92. The molecule has 0 saturated heterocycles. The Bertz CT molecular complexity index is 265. The average Bonchev–Trinajstić information content (AvgIpc) is 1.80. The fraction of sp³-hybridized carbons (Fsp3) is 1.00. The van der Waals surface area contributed by atoms with E-state index in [9.17, 15) is 13.5 Å². The van der Waals surface area contributed by atoms with E-state index in [1.165, 1.54) is 0 Å². The number of hydrogen-bond donors (Lipinski definition) is 1. The highest BCUT2D eigenvalue weighted by Gasteiger charge is 2.28. The summed E-state index contributed by atoms with van der Waals surface area (Å²) in [5, 5.41) is 9.42. The van der Waals surface area contributed by atoms with Gasteiger partial charge in [-0.3, -0.25) is 0 Å². The average molecular weight is 222 g/mol. The second-order valence-corrected chi connectivity index (χ2v) is 8.21. The van der Waals surface area contributed by atoms with Crippen molar-refractivity contribution in [2.45, 2.75) is 57.8 Å². The summed E-state index contributed by atoms with van der Waals surface area (Å²) in [6, 6.07) is 0. The molecule has 1 N–H and O–H groups in total. The molecule has 0 saturated carbocycles. The van der Waals surface area contributed by atoms with Crippen molar-refractivity contribution >= 4 is 9.84 Å². The fourth-order valence-corrected chi connectivity index (χ4v) is 2.14. The summed E-state index contributed by atoms with van der Waals surface area (Å²) >= 11 is 0. The predicted molar refractivity (Wildman–Crippen MR) is 59.1 cm³/mol. The molecule has 0 unspecified atom stereocenters. The first-order chi connectivity index (χ1) is 5.96. The van der Waals surface area contributed by atoms with Gasteiger partial charge < -0.3 is 5.11 Å². The molecule has 0 radical (unpaired) electrons. The molecule has 0 fully saturated rings. The molecule has 4 heteroatoms. The van der Waals surface area contributed by atoms with Gasteiger partial charge in [-0.2, -0.15) is 0 Å². The molecule has 0 bridgehead atoms. The maximum absolute atomic E-state index is 11.7. The Hall–Kier alpha value is -0.0900. The van der Waals surface area contributed by atoms with Crippen LogP contribution < -0.4 is 0 Å². The minimum absolute atomic E-state index is 0.153. The van der Waals surface area contributed by atoms with Crippen molar-refractivity contribution in [3.8, 4) is 0 Å². The van der Waals surface area contributed by atoms with Crippen LogP contribution in [0.25, 0.3) is 0 Å². The van der Waals surface area contributed by atoms with Gasteiger partial charge in [0, 0.05) is 0 Å². The van der Waals surface area contributed by atoms with Crippen molar-refractivity contribution in [1.29, 1.82) is 0 Å². The molecule has 0 aliphatic carbocycles. The minimum Gasteiger partial charge on any atom is -0.390 e. The summed E-state index contributed by atoms with van der Waals surface area (Å²) < 4.78 is 22.6. The minimum atomic E-state index is -3.03.